The van der Waals surface area contributed by atoms with E-state index in [2.05, 4.69) is 29.5 Å². The van der Waals surface area contributed by atoms with Gasteiger partial charge in [-0.1, -0.05) is 36.4 Å². The molecule has 0 spiro atoms. The fraction of sp³-hybridized carbons (Fsp3) is 0.200. The standard InChI is InChI=1S/C20H19N3O2/c1-14-19-16(9-10-17-8-5-11-25-17)12-18(24)21-20(19)22-23(14)13-15-6-3-2-4-7-15/h2-11,16H,12-13H2,1H3,(H,21,22,24)/b10-9+/t16-/m1/s1. The first-order valence-corrected chi connectivity index (χ1v) is 8.33. The maximum atomic E-state index is 12.1. The van der Waals surface area contributed by atoms with Crippen molar-refractivity contribution in [3.05, 3.63) is 77.4 Å². The predicted molar refractivity (Wildman–Crippen MR) is 96.2 cm³/mol. The summed E-state index contributed by atoms with van der Waals surface area (Å²) in [5, 5.41) is 7.52. The van der Waals surface area contributed by atoms with Crippen LogP contribution >= 0.6 is 0 Å². The summed E-state index contributed by atoms with van der Waals surface area (Å²) in [4.78, 5) is 12.1. The molecule has 0 bridgehead atoms. The lowest BCUT2D eigenvalue weighted by molar-refractivity contribution is -0.116. The van der Waals surface area contributed by atoms with Gasteiger partial charge in [0, 0.05) is 23.6 Å². The lowest BCUT2D eigenvalue weighted by Gasteiger charge is -2.19. The summed E-state index contributed by atoms with van der Waals surface area (Å²) in [6.07, 6.45) is 6.00. The van der Waals surface area contributed by atoms with E-state index >= 15 is 0 Å². The first-order chi connectivity index (χ1) is 12.2. The molecule has 25 heavy (non-hydrogen) atoms. The SMILES string of the molecule is Cc1c2c(nn1Cc1ccccc1)NC(=O)C[C@H]2/C=C/c1ccco1. The van der Waals surface area contributed by atoms with Crippen LogP contribution in [0.1, 0.15) is 34.9 Å². The van der Waals surface area contributed by atoms with Crippen molar-refractivity contribution in [2.75, 3.05) is 5.32 Å². The van der Waals surface area contributed by atoms with E-state index in [0.29, 0.717) is 18.8 Å². The Hall–Kier alpha value is -3.08. The van der Waals surface area contributed by atoms with Crippen molar-refractivity contribution in [1.29, 1.82) is 0 Å². The van der Waals surface area contributed by atoms with Crippen LogP contribution < -0.4 is 5.32 Å². The zero-order valence-electron chi connectivity index (χ0n) is 14.0. The lowest BCUT2D eigenvalue weighted by Crippen LogP contribution is -2.21. The van der Waals surface area contributed by atoms with Gasteiger partial charge in [0.2, 0.25) is 5.91 Å². The smallest absolute Gasteiger partial charge is 0.226 e. The average molecular weight is 333 g/mol. The predicted octanol–water partition coefficient (Wildman–Crippen LogP) is 3.97. The number of furan rings is 1. The molecule has 0 radical (unpaired) electrons. The van der Waals surface area contributed by atoms with E-state index in [1.807, 2.05) is 47.2 Å². The van der Waals surface area contributed by atoms with E-state index in [1.54, 1.807) is 6.26 Å². The van der Waals surface area contributed by atoms with Gasteiger partial charge in [0.1, 0.15) is 5.76 Å². The summed E-state index contributed by atoms with van der Waals surface area (Å²) in [6.45, 7) is 2.74. The number of carbonyl (C=O) groups excluding carboxylic acids is 1. The summed E-state index contributed by atoms with van der Waals surface area (Å²) in [5.74, 6) is 1.44. The highest BCUT2D eigenvalue weighted by atomic mass is 16.3. The Kier molecular flexibility index (Phi) is 3.98. The van der Waals surface area contributed by atoms with Gasteiger partial charge in [0.05, 0.1) is 12.8 Å². The molecule has 0 unspecified atom stereocenters. The number of fused-ring (bicyclic) bond motifs is 1. The summed E-state index contributed by atoms with van der Waals surface area (Å²) in [6, 6.07) is 13.9. The Labute approximate surface area is 146 Å². The zero-order valence-corrected chi connectivity index (χ0v) is 14.0. The van der Waals surface area contributed by atoms with E-state index in [9.17, 15) is 4.79 Å². The molecule has 0 fully saturated rings. The van der Waals surface area contributed by atoms with Crippen LogP contribution in [0.15, 0.2) is 59.2 Å². The minimum absolute atomic E-state index is 0.00151. The summed E-state index contributed by atoms with van der Waals surface area (Å²) in [7, 11) is 0. The Morgan fingerprint density at radius 2 is 2.12 bits per heavy atom. The second-order valence-corrected chi connectivity index (χ2v) is 6.22. The van der Waals surface area contributed by atoms with E-state index in [1.165, 1.54) is 5.56 Å². The third-order valence-corrected chi connectivity index (χ3v) is 4.50. The maximum absolute atomic E-state index is 12.1. The van der Waals surface area contributed by atoms with Crippen LogP contribution in [0.5, 0.6) is 0 Å². The Morgan fingerprint density at radius 1 is 1.28 bits per heavy atom. The van der Waals surface area contributed by atoms with Crippen LogP contribution in [0, 0.1) is 6.92 Å². The molecule has 126 valence electrons. The fourth-order valence-corrected chi connectivity index (χ4v) is 3.25. The van der Waals surface area contributed by atoms with E-state index in [-0.39, 0.29) is 11.8 Å². The van der Waals surface area contributed by atoms with Crippen LogP contribution in [0.2, 0.25) is 0 Å². The van der Waals surface area contributed by atoms with Crippen molar-refractivity contribution in [2.45, 2.75) is 25.8 Å². The second kappa shape index (κ2) is 6.43. The van der Waals surface area contributed by atoms with Gasteiger partial charge in [0.15, 0.2) is 5.82 Å². The Bertz CT molecular complexity index is 908. The van der Waals surface area contributed by atoms with E-state index in [0.717, 1.165) is 17.0 Å². The molecule has 0 saturated heterocycles. The summed E-state index contributed by atoms with van der Waals surface area (Å²) < 4.78 is 7.30. The van der Waals surface area contributed by atoms with Gasteiger partial charge in [-0.2, -0.15) is 5.10 Å². The number of aromatic nitrogens is 2. The number of allylic oxidation sites excluding steroid dienone is 1. The molecule has 1 atom stereocenters. The van der Waals surface area contributed by atoms with Crippen molar-refractivity contribution in [1.82, 2.24) is 9.78 Å². The molecule has 1 aliphatic rings. The van der Waals surface area contributed by atoms with Crippen molar-refractivity contribution in [3.8, 4) is 0 Å². The lowest BCUT2D eigenvalue weighted by atomic mass is 9.91. The van der Waals surface area contributed by atoms with Gasteiger partial charge in [-0.15, -0.1) is 0 Å². The number of anilines is 1. The summed E-state index contributed by atoms with van der Waals surface area (Å²) in [5.41, 5.74) is 3.34. The molecule has 5 heteroatoms. The minimum Gasteiger partial charge on any atom is -0.465 e. The topological polar surface area (TPSA) is 60.1 Å². The van der Waals surface area contributed by atoms with Crippen molar-refractivity contribution >= 4 is 17.8 Å². The van der Waals surface area contributed by atoms with Crippen LogP contribution in [0.3, 0.4) is 0 Å². The van der Waals surface area contributed by atoms with Crippen LogP contribution in [-0.4, -0.2) is 15.7 Å². The van der Waals surface area contributed by atoms with E-state index < -0.39 is 0 Å². The highest BCUT2D eigenvalue weighted by molar-refractivity contribution is 5.94. The largest absolute Gasteiger partial charge is 0.465 e. The maximum Gasteiger partial charge on any atom is 0.226 e. The number of hydrogen-bond acceptors (Lipinski definition) is 3. The molecular weight excluding hydrogens is 314 g/mol. The first kappa shape index (κ1) is 15.4. The van der Waals surface area contributed by atoms with Crippen LogP contribution in [0.25, 0.3) is 6.08 Å². The number of rotatable bonds is 4. The molecule has 1 N–H and O–H groups in total. The van der Waals surface area contributed by atoms with Gasteiger partial charge in [-0.05, 0) is 30.7 Å². The fourth-order valence-electron chi connectivity index (χ4n) is 3.25. The number of hydrogen-bond donors (Lipinski definition) is 1. The van der Waals surface area contributed by atoms with Gasteiger partial charge in [-0.3, -0.25) is 9.48 Å². The van der Waals surface area contributed by atoms with Crippen LogP contribution in [0.4, 0.5) is 5.82 Å². The van der Waals surface area contributed by atoms with Gasteiger partial charge in [-0.25, -0.2) is 0 Å². The number of nitrogens with zero attached hydrogens (tertiary/aromatic N) is 2. The highest BCUT2D eigenvalue weighted by Crippen LogP contribution is 2.35. The molecule has 0 aliphatic carbocycles. The molecule has 0 saturated carbocycles. The molecule has 2 aromatic heterocycles. The minimum atomic E-state index is -0.00837. The molecule has 3 aromatic rings. The molecule has 1 amide bonds. The Morgan fingerprint density at radius 3 is 2.88 bits per heavy atom. The van der Waals surface area contributed by atoms with Crippen molar-refractivity contribution < 1.29 is 9.21 Å². The monoisotopic (exact) mass is 333 g/mol. The molecule has 3 heterocycles. The Balaban J connectivity index is 1.66. The number of amides is 1. The molecule has 4 rings (SSSR count). The van der Waals surface area contributed by atoms with Gasteiger partial charge < -0.3 is 9.73 Å². The third kappa shape index (κ3) is 3.13. The van der Waals surface area contributed by atoms with Crippen LogP contribution in [-0.2, 0) is 11.3 Å². The van der Waals surface area contributed by atoms with Crippen molar-refractivity contribution in [3.63, 3.8) is 0 Å². The normalized spacial score (nSPS) is 16.8. The number of carbonyl (C=O) groups is 1. The molecule has 5 nitrogen and oxygen atoms in total. The van der Waals surface area contributed by atoms with Gasteiger partial charge >= 0.3 is 0 Å². The second-order valence-electron chi connectivity index (χ2n) is 6.22. The summed E-state index contributed by atoms with van der Waals surface area (Å²) >= 11 is 0. The average Bonchev–Trinajstić information content (AvgIpc) is 3.22. The molecule has 1 aromatic carbocycles. The number of nitrogens with one attached hydrogen (secondary N) is 1. The van der Waals surface area contributed by atoms with E-state index in [4.69, 9.17) is 4.42 Å². The zero-order chi connectivity index (χ0) is 17.2. The molecule has 1 aliphatic heterocycles. The third-order valence-electron chi connectivity index (χ3n) is 4.50. The highest BCUT2D eigenvalue weighted by Gasteiger charge is 2.29. The van der Waals surface area contributed by atoms with Crippen molar-refractivity contribution in [2.24, 2.45) is 0 Å². The first-order valence-electron chi connectivity index (χ1n) is 8.33. The quantitative estimate of drug-likeness (QED) is 0.786. The van der Waals surface area contributed by atoms with Gasteiger partial charge in [0.25, 0.3) is 0 Å². The number of benzene rings is 1. The molecular formula is C20H19N3O2.